The highest BCUT2D eigenvalue weighted by atomic mass is 32.1. The van der Waals surface area contributed by atoms with Crippen LogP contribution < -0.4 is 0 Å². The molecule has 48 heavy (non-hydrogen) atoms. The second kappa shape index (κ2) is 10.6. The molecule has 0 unspecified atom stereocenters. The van der Waals surface area contributed by atoms with E-state index in [1.165, 1.54) is 86.6 Å². The lowest BCUT2D eigenvalue weighted by atomic mass is 9.66. The Hall–Kier alpha value is -5.76. The number of hydrogen-bond donors (Lipinski definition) is 0. The van der Waals surface area contributed by atoms with Crippen molar-refractivity contribution in [3.8, 4) is 33.4 Å². The molecule has 1 aromatic heterocycles. The number of benzene rings is 8. The van der Waals surface area contributed by atoms with Crippen LogP contribution in [0.3, 0.4) is 0 Å². The van der Waals surface area contributed by atoms with Crippen molar-refractivity contribution in [3.63, 3.8) is 0 Å². The molecule has 0 atom stereocenters. The van der Waals surface area contributed by atoms with Gasteiger partial charge in [-0.15, -0.1) is 11.3 Å². The maximum Gasteiger partial charge on any atom is 0.0719 e. The normalized spacial score (nSPS) is 13.2. The molecular weight excluding hydrogens is 597 g/mol. The van der Waals surface area contributed by atoms with Crippen LogP contribution in [0.2, 0.25) is 0 Å². The fraction of sp³-hybridized carbons (Fsp3) is 0.0213. The van der Waals surface area contributed by atoms with Gasteiger partial charge < -0.3 is 0 Å². The summed E-state index contributed by atoms with van der Waals surface area (Å²) >= 11 is 1.88. The molecule has 0 aliphatic heterocycles. The van der Waals surface area contributed by atoms with Gasteiger partial charge in [0.15, 0.2) is 0 Å². The second-order valence-corrected chi connectivity index (χ2v) is 13.9. The average Bonchev–Trinajstić information content (AvgIpc) is 3.69. The van der Waals surface area contributed by atoms with Gasteiger partial charge in [-0.25, -0.2) is 0 Å². The standard InChI is InChI=1S/C47H30S/c1-4-12-31(13-5-1)34-23-25-38-41-27-22-32-20-21-33(35-24-26-40-39-18-10-11-19-44(39)48-45(40)30-35)28-42(32)46(41)47(43(38)29-34,36-14-6-2-7-15-36)37-16-8-3-9-17-37/h1-30H. The summed E-state index contributed by atoms with van der Waals surface area (Å²) in [7, 11) is 0. The first kappa shape index (κ1) is 27.4. The van der Waals surface area contributed by atoms with Crippen molar-refractivity contribution in [2.45, 2.75) is 5.41 Å². The Kier molecular flexibility index (Phi) is 6.06. The van der Waals surface area contributed by atoms with Crippen LogP contribution in [-0.2, 0) is 5.41 Å². The fourth-order valence-corrected chi connectivity index (χ4v) is 9.36. The molecule has 224 valence electrons. The number of hydrogen-bond acceptors (Lipinski definition) is 1. The summed E-state index contributed by atoms with van der Waals surface area (Å²) < 4.78 is 2.67. The highest BCUT2D eigenvalue weighted by Crippen LogP contribution is 2.59. The summed E-state index contributed by atoms with van der Waals surface area (Å²) in [4.78, 5) is 0. The van der Waals surface area contributed by atoms with E-state index in [0.717, 1.165) is 0 Å². The van der Waals surface area contributed by atoms with E-state index in [4.69, 9.17) is 0 Å². The Morgan fingerprint density at radius 3 is 1.69 bits per heavy atom. The summed E-state index contributed by atoms with van der Waals surface area (Å²) in [5.41, 5.74) is 12.3. The summed E-state index contributed by atoms with van der Waals surface area (Å²) in [5.74, 6) is 0. The lowest BCUT2D eigenvalue weighted by Crippen LogP contribution is -2.28. The van der Waals surface area contributed by atoms with E-state index in [-0.39, 0.29) is 0 Å². The second-order valence-electron chi connectivity index (χ2n) is 12.8. The minimum absolute atomic E-state index is 0.495. The summed E-state index contributed by atoms with van der Waals surface area (Å²) in [6.45, 7) is 0. The van der Waals surface area contributed by atoms with Crippen molar-refractivity contribution >= 4 is 42.3 Å². The van der Waals surface area contributed by atoms with E-state index in [9.17, 15) is 0 Å². The Morgan fingerprint density at radius 1 is 0.354 bits per heavy atom. The van der Waals surface area contributed by atoms with Crippen LogP contribution in [0.1, 0.15) is 22.3 Å². The zero-order chi connectivity index (χ0) is 31.7. The number of thiophene rings is 1. The molecule has 9 aromatic rings. The first-order valence-corrected chi connectivity index (χ1v) is 17.4. The third-order valence-electron chi connectivity index (χ3n) is 10.3. The van der Waals surface area contributed by atoms with E-state index >= 15 is 0 Å². The first-order chi connectivity index (χ1) is 23.8. The van der Waals surface area contributed by atoms with Gasteiger partial charge in [0.05, 0.1) is 5.41 Å². The quantitative estimate of drug-likeness (QED) is 0.182. The van der Waals surface area contributed by atoms with Gasteiger partial charge in [-0.1, -0.05) is 158 Å². The molecule has 10 rings (SSSR count). The van der Waals surface area contributed by atoms with E-state index in [1.54, 1.807) is 0 Å². The van der Waals surface area contributed by atoms with Crippen molar-refractivity contribution < 1.29 is 0 Å². The Balaban J connectivity index is 1.28. The number of rotatable bonds is 4. The molecule has 0 nitrogen and oxygen atoms in total. The van der Waals surface area contributed by atoms with Crippen molar-refractivity contribution in [1.82, 2.24) is 0 Å². The monoisotopic (exact) mass is 626 g/mol. The van der Waals surface area contributed by atoms with Gasteiger partial charge in [0, 0.05) is 20.2 Å². The third-order valence-corrected chi connectivity index (χ3v) is 11.5. The van der Waals surface area contributed by atoms with Gasteiger partial charge in [0.2, 0.25) is 0 Å². The maximum atomic E-state index is 2.45. The van der Waals surface area contributed by atoms with Crippen molar-refractivity contribution in [1.29, 1.82) is 0 Å². The van der Waals surface area contributed by atoms with Crippen LogP contribution in [-0.4, -0.2) is 0 Å². The lowest BCUT2D eigenvalue weighted by Gasteiger charge is -2.35. The van der Waals surface area contributed by atoms with Crippen LogP contribution in [0.25, 0.3) is 64.3 Å². The van der Waals surface area contributed by atoms with Crippen molar-refractivity contribution in [3.05, 3.63) is 204 Å². The van der Waals surface area contributed by atoms with Gasteiger partial charge in [0.25, 0.3) is 0 Å². The molecule has 1 aliphatic carbocycles. The molecule has 0 spiro atoms. The SMILES string of the molecule is c1ccc(-c2ccc3c(c2)C(c2ccccc2)(c2ccccc2)c2c-3ccc3ccc(-c4ccc5c(c4)sc4ccccc45)cc23)cc1. The molecule has 0 bridgehead atoms. The minimum atomic E-state index is -0.495. The summed E-state index contributed by atoms with van der Waals surface area (Å²) in [5, 5.41) is 5.22. The predicted octanol–water partition coefficient (Wildman–Crippen LogP) is 12.9. The van der Waals surface area contributed by atoms with Crippen molar-refractivity contribution in [2.75, 3.05) is 0 Å². The molecule has 1 heteroatoms. The maximum absolute atomic E-state index is 2.45. The minimum Gasteiger partial charge on any atom is -0.135 e. The molecule has 0 radical (unpaired) electrons. The van der Waals surface area contributed by atoms with Gasteiger partial charge in [0.1, 0.15) is 0 Å². The van der Waals surface area contributed by atoms with Gasteiger partial charge >= 0.3 is 0 Å². The zero-order valence-electron chi connectivity index (χ0n) is 26.2. The molecule has 1 aliphatic rings. The first-order valence-electron chi connectivity index (χ1n) is 16.6. The molecule has 8 aromatic carbocycles. The van der Waals surface area contributed by atoms with Gasteiger partial charge in [-0.2, -0.15) is 0 Å². The summed E-state index contributed by atoms with van der Waals surface area (Å²) in [6.07, 6.45) is 0. The van der Waals surface area contributed by atoms with Crippen molar-refractivity contribution in [2.24, 2.45) is 0 Å². The Bertz CT molecular complexity index is 2610. The molecule has 1 heterocycles. The van der Waals surface area contributed by atoms with Gasteiger partial charge in [-0.3, -0.25) is 0 Å². The zero-order valence-corrected chi connectivity index (χ0v) is 27.0. The molecule has 0 fully saturated rings. The van der Waals surface area contributed by atoms with E-state index in [0.29, 0.717) is 0 Å². The topological polar surface area (TPSA) is 0 Å². The lowest BCUT2D eigenvalue weighted by molar-refractivity contribution is 0.776. The Morgan fingerprint density at radius 2 is 0.917 bits per heavy atom. The summed E-state index contributed by atoms with van der Waals surface area (Å²) in [6, 6.07) is 67.6. The Labute approximate surface area is 284 Å². The molecule has 0 N–H and O–H groups in total. The number of fused-ring (bicyclic) bond motifs is 8. The smallest absolute Gasteiger partial charge is 0.0719 e. The fourth-order valence-electron chi connectivity index (χ4n) is 8.21. The predicted molar refractivity (Wildman–Crippen MR) is 205 cm³/mol. The third kappa shape index (κ3) is 3.95. The van der Waals surface area contributed by atoms with Crippen LogP contribution in [0.5, 0.6) is 0 Å². The van der Waals surface area contributed by atoms with E-state index in [1.807, 2.05) is 11.3 Å². The van der Waals surface area contributed by atoms with Crippen LogP contribution >= 0.6 is 11.3 Å². The van der Waals surface area contributed by atoms with Crippen LogP contribution in [0, 0.1) is 0 Å². The molecule has 0 amide bonds. The molecule has 0 saturated heterocycles. The van der Waals surface area contributed by atoms with Gasteiger partial charge in [-0.05, 0) is 90.7 Å². The van der Waals surface area contributed by atoms with Crippen LogP contribution in [0.15, 0.2) is 182 Å². The highest BCUT2D eigenvalue weighted by molar-refractivity contribution is 7.25. The highest BCUT2D eigenvalue weighted by Gasteiger charge is 2.47. The van der Waals surface area contributed by atoms with E-state index in [2.05, 4.69) is 182 Å². The average molecular weight is 627 g/mol. The molecular formula is C47H30S. The largest absolute Gasteiger partial charge is 0.135 e. The van der Waals surface area contributed by atoms with E-state index < -0.39 is 5.41 Å². The van der Waals surface area contributed by atoms with Crippen LogP contribution in [0.4, 0.5) is 0 Å². The molecule has 0 saturated carbocycles.